The van der Waals surface area contributed by atoms with Crippen LogP contribution in [0.2, 0.25) is 0 Å². The largest absolute Gasteiger partial charge is 0.490 e. The van der Waals surface area contributed by atoms with Crippen LogP contribution in [0.3, 0.4) is 0 Å². The number of amides is 2. The summed E-state index contributed by atoms with van der Waals surface area (Å²) in [5, 5.41) is 10.8. The van der Waals surface area contributed by atoms with Gasteiger partial charge in [-0.05, 0) is 74.9 Å². The number of nitrogens with two attached hydrogens (primary N) is 1. The molecule has 0 fully saturated rings. The van der Waals surface area contributed by atoms with Crippen molar-refractivity contribution in [3.8, 4) is 11.5 Å². The van der Waals surface area contributed by atoms with Crippen LogP contribution in [0.5, 0.6) is 11.5 Å². The van der Waals surface area contributed by atoms with E-state index in [9.17, 15) is 9.59 Å². The number of nitrogens with one attached hydrogen (secondary N) is 4. The normalized spacial score (nSPS) is 11.3. The molecule has 0 aliphatic heterocycles. The molecule has 0 aromatic heterocycles. The summed E-state index contributed by atoms with van der Waals surface area (Å²) in [6.45, 7) is 6.12. The van der Waals surface area contributed by atoms with Gasteiger partial charge in [0.2, 0.25) is 0 Å². The fourth-order valence-corrected chi connectivity index (χ4v) is 3.39. The average molecular weight is 490 g/mol. The van der Waals surface area contributed by atoms with E-state index in [1.54, 1.807) is 72.8 Å². The highest BCUT2D eigenvalue weighted by molar-refractivity contribution is 5.97. The van der Waals surface area contributed by atoms with E-state index in [1.807, 2.05) is 20.8 Å². The van der Waals surface area contributed by atoms with E-state index in [2.05, 4.69) is 16.2 Å². The number of carbonyl (C=O) groups excluding carboxylic acids is 2. The van der Waals surface area contributed by atoms with Crippen molar-refractivity contribution in [1.82, 2.24) is 10.9 Å². The predicted molar refractivity (Wildman–Crippen MR) is 139 cm³/mol. The van der Waals surface area contributed by atoms with Crippen LogP contribution >= 0.6 is 0 Å². The minimum Gasteiger partial charge on any atom is -0.490 e. The molecule has 188 valence electrons. The van der Waals surface area contributed by atoms with Crippen molar-refractivity contribution >= 4 is 23.3 Å². The number of nitrogen functional groups attached to an aromatic ring is 1. The number of rotatable bonds is 10. The molecule has 0 spiro atoms. The quantitative estimate of drug-likeness (QED) is 0.167. The number of anilines is 1. The highest BCUT2D eigenvalue weighted by Crippen LogP contribution is 2.32. The zero-order chi connectivity index (χ0) is 26.1. The fraction of sp³-hybridized carbons (Fsp3) is 0.222. The molecule has 1 atom stereocenters. The topological polar surface area (TPSA) is 139 Å². The second-order valence-electron chi connectivity index (χ2n) is 8.18. The van der Waals surface area contributed by atoms with Gasteiger partial charge in [-0.3, -0.25) is 25.8 Å². The third kappa shape index (κ3) is 6.99. The minimum absolute atomic E-state index is 0.0541. The maximum Gasteiger partial charge on any atom is 0.269 e. The third-order valence-corrected chi connectivity index (χ3v) is 5.07. The first-order valence-electron chi connectivity index (χ1n) is 11.6. The number of hydrogen-bond acceptors (Lipinski definition) is 6. The minimum atomic E-state index is -0.892. The van der Waals surface area contributed by atoms with Crippen molar-refractivity contribution < 1.29 is 19.1 Å². The van der Waals surface area contributed by atoms with Gasteiger partial charge in [-0.2, -0.15) is 0 Å². The first kappa shape index (κ1) is 26.1. The van der Waals surface area contributed by atoms with Gasteiger partial charge in [0, 0.05) is 16.8 Å². The van der Waals surface area contributed by atoms with E-state index in [4.69, 9.17) is 20.6 Å². The van der Waals surface area contributed by atoms with E-state index >= 15 is 0 Å². The van der Waals surface area contributed by atoms with Gasteiger partial charge in [0.1, 0.15) is 11.9 Å². The summed E-state index contributed by atoms with van der Waals surface area (Å²) in [6, 6.07) is 19.7. The molecule has 2 amide bonds. The number of hydrazine groups is 1. The molecular formula is C27H31N5O4. The lowest BCUT2D eigenvalue weighted by molar-refractivity contribution is -0.122. The summed E-state index contributed by atoms with van der Waals surface area (Å²) >= 11 is 0. The molecule has 6 N–H and O–H groups in total. The first-order valence-corrected chi connectivity index (χ1v) is 11.6. The smallest absolute Gasteiger partial charge is 0.269 e. The van der Waals surface area contributed by atoms with Gasteiger partial charge in [-0.1, -0.05) is 24.3 Å². The van der Waals surface area contributed by atoms with Gasteiger partial charge in [-0.25, -0.2) is 0 Å². The SMILES string of the molecule is CCOc1cc(C(Nc2ccc(C(=N)N)cc2)C(=O)NNC(=O)c2ccccc2)ccc1OC(C)C. The predicted octanol–water partition coefficient (Wildman–Crippen LogP) is 3.77. The molecule has 36 heavy (non-hydrogen) atoms. The Morgan fingerprint density at radius 3 is 2.22 bits per heavy atom. The van der Waals surface area contributed by atoms with Crippen LogP contribution in [0.4, 0.5) is 5.69 Å². The Bertz CT molecular complexity index is 1200. The summed E-state index contributed by atoms with van der Waals surface area (Å²) in [5.74, 6) is 0.0853. The van der Waals surface area contributed by atoms with Crippen LogP contribution in [0.15, 0.2) is 72.8 Å². The Hall–Kier alpha value is -4.53. The molecular weight excluding hydrogens is 458 g/mol. The van der Waals surface area contributed by atoms with Crippen molar-refractivity contribution in [1.29, 1.82) is 5.41 Å². The third-order valence-electron chi connectivity index (χ3n) is 5.07. The van der Waals surface area contributed by atoms with E-state index in [-0.39, 0.29) is 11.9 Å². The highest BCUT2D eigenvalue weighted by Gasteiger charge is 2.23. The van der Waals surface area contributed by atoms with E-state index < -0.39 is 17.9 Å². The van der Waals surface area contributed by atoms with Gasteiger partial charge >= 0.3 is 0 Å². The van der Waals surface area contributed by atoms with Crippen molar-refractivity contribution in [3.05, 3.63) is 89.5 Å². The zero-order valence-corrected chi connectivity index (χ0v) is 20.5. The van der Waals surface area contributed by atoms with Crippen molar-refractivity contribution in [3.63, 3.8) is 0 Å². The molecule has 3 aromatic carbocycles. The van der Waals surface area contributed by atoms with Crippen LogP contribution < -0.4 is 31.4 Å². The number of hydrogen-bond donors (Lipinski definition) is 5. The lowest BCUT2D eigenvalue weighted by atomic mass is 10.0. The molecule has 0 bridgehead atoms. The molecule has 0 aliphatic rings. The zero-order valence-electron chi connectivity index (χ0n) is 20.5. The summed E-state index contributed by atoms with van der Waals surface area (Å²) in [4.78, 5) is 25.7. The van der Waals surface area contributed by atoms with Gasteiger partial charge in [0.05, 0.1) is 12.7 Å². The molecule has 9 heteroatoms. The van der Waals surface area contributed by atoms with E-state index in [0.717, 1.165) is 0 Å². The van der Waals surface area contributed by atoms with Gasteiger partial charge in [0.15, 0.2) is 11.5 Å². The number of amidine groups is 1. The van der Waals surface area contributed by atoms with Crippen molar-refractivity contribution in [2.45, 2.75) is 32.9 Å². The highest BCUT2D eigenvalue weighted by atomic mass is 16.5. The van der Waals surface area contributed by atoms with Crippen molar-refractivity contribution in [2.24, 2.45) is 5.73 Å². The molecule has 3 rings (SSSR count). The molecule has 0 heterocycles. The summed E-state index contributed by atoms with van der Waals surface area (Å²) in [7, 11) is 0. The van der Waals surface area contributed by atoms with Crippen LogP contribution in [-0.2, 0) is 4.79 Å². The number of carbonyl (C=O) groups is 2. The van der Waals surface area contributed by atoms with E-state index in [1.165, 1.54) is 0 Å². The second-order valence-corrected chi connectivity index (χ2v) is 8.18. The Kier molecular flexibility index (Phi) is 8.88. The molecule has 0 radical (unpaired) electrons. The molecule has 3 aromatic rings. The molecule has 0 aliphatic carbocycles. The first-order chi connectivity index (χ1) is 17.3. The molecule has 9 nitrogen and oxygen atoms in total. The van der Waals surface area contributed by atoms with Gasteiger partial charge < -0.3 is 20.5 Å². The van der Waals surface area contributed by atoms with Crippen LogP contribution in [0, 0.1) is 5.41 Å². The van der Waals surface area contributed by atoms with Gasteiger partial charge in [0.25, 0.3) is 11.8 Å². The van der Waals surface area contributed by atoms with Crippen LogP contribution in [-0.4, -0.2) is 30.4 Å². The molecule has 0 saturated heterocycles. The van der Waals surface area contributed by atoms with Crippen molar-refractivity contribution in [2.75, 3.05) is 11.9 Å². The molecule has 1 unspecified atom stereocenters. The summed E-state index contributed by atoms with van der Waals surface area (Å²) < 4.78 is 11.6. The monoisotopic (exact) mass is 489 g/mol. The lowest BCUT2D eigenvalue weighted by Crippen LogP contribution is -2.45. The van der Waals surface area contributed by atoms with E-state index in [0.29, 0.717) is 40.5 Å². The maximum absolute atomic E-state index is 13.3. The number of benzene rings is 3. The Morgan fingerprint density at radius 2 is 1.61 bits per heavy atom. The maximum atomic E-state index is 13.3. The summed E-state index contributed by atoms with van der Waals surface area (Å²) in [6.07, 6.45) is -0.0553. The van der Waals surface area contributed by atoms with Gasteiger partial charge in [-0.15, -0.1) is 0 Å². The average Bonchev–Trinajstić information content (AvgIpc) is 2.87. The second kappa shape index (κ2) is 12.3. The Morgan fingerprint density at radius 1 is 0.917 bits per heavy atom. The summed E-state index contributed by atoms with van der Waals surface area (Å²) in [5.41, 5.74) is 12.7. The Labute approximate surface area is 210 Å². The van der Waals surface area contributed by atoms with Crippen LogP contribution in [0.1, 0.15) is 48.3 Å². The molecule has 0 saturated carbocycles. The fourth-order valence-electron chi connectivity index (χ4n) is 3.39. The lowest BCUT2D eigenvalue weighted by Gasteiger charge is -2.22. The van der Waals surface area contributed by atoms with Crippen LogP contribution in [0.25, 0.3) is 0 Å². The standard InChI is InChI=1S/C27H31N5O4/c1-4-35-23-16-20(12-15-22(23)36-17(2)3)24(30-21-13-10-18(11-14-21)25(28)29)27(34)32-31-26(33)19-8-6-5-7-9-19/h5-17,24,30H,4H2,1-3H3,(H3,28,29)(H,31,33)(H,32,34). The number of ether oxygens (including phenoxy) is 2. The Balaban J connectivity index is 1.88.